The Kier molecular flexibility index (Phi) is 4.82. The lowest BCUT2D eigenvalue weighted by atomic mass is 9.84. The highest BCUT2D eigenvalue weighted by molar-refractivity contribution is 5.76. The number of para-hydroxylation sites is 1. The Balaban J connectivity index is 2.17. The maximum Gasteiger partial charge on any atom is 0.315 e. The molecule has 0 radical (unpaired) electrons. The molecule has 1 fully saturated rings. The van der Waals surface area contributed by atoms with Gasteiger partial charge in [0, 0.05) is 13.1 Å². The molecule has 1 aromatic carbocycles. The van der Waals surface area contributed by atoms with Crippen molar-refractivity contribution in [2.75, 3.05) is 17.7 Å². The first-order valence-corrected chi connectivity index (χ1v) is 7.35. The van der Waals surface area contributed by atoms with Crippen LogP contribution in [0.3, 0.4) is 0 Å². The van der Waals surface area contributed by atoms with E-state index in [9.17, 15) is 10.1 Å². The largest absolute Gasteiger partial charge is 0.382 e. The van der Waals surface area contributed by atoms with Crippen molar-refractivity contribution >= 4 is 17.1 Å². The smallest absolute Gasteiger partial charge is 0.315 e. The number of anilines is 2. The summed E-state index contributed by atoms with van der Waals surface area (Å²) in [4.78, 5) is 11.0. The van der Waals surface area contributed by atoms with E-state index in [0.717, 1.165) is 0 Å². The second-order valence-electron chi connectivity index (χ2n) is 5.54. The van der Waals surface area contributed by atoms with Crippen molar-refractivity contribution in [3.05, 3.63) is 28.3 Å². The lowest BCUT2D eigenvalue weighted by molar-refractivity contribution is -0.383. The Morgan fingerprint density at radius 3 is 2.50 bits per heavy atom. The van der Waals surface area contributed by atoms with Crippen molar-refractivity contribution in [1.29, 1.82) is 0 Å². The molecule has 0 spiro atoms. The van der Waals surface area contributed by atoms with Gasteiger partial charge in [0.2, 0.25) is 0 Å². The summed E-state index contributed by atoms with van der Waals surface area (Å²) in [6, 6.07) is 5.63. The fraction of sp³-hybridized carbons (Fsp3) is 0.600. The molecule has 5 heteroatoms. The van der Waals surface area contributed by atoms with Crippen LogP contribution in [-0.4, -0.2) is 18.0 Å². The van der Waals surface area contributed by atoms with Crippen LogP contribution in [0.2, 0.25) is 0 Å². The van der Waals surface area contributed by atoms with E-state index >= 15 is 0 Å². The molecule has 110 valence electrons. The fourth-order valence-corrected chi connectivity index (χ4v) is 3.06. The van der Waals surface area contributed by atoms with Gasteiger partial charge < -0.3 is 10.6 Å². The summed E-state index contributed by atoms with van der Waals surface area (Å²) in [5.74, 6) is 0.613. The number of hydrogen-bond acceptors (Lipinski definition) is 4. The van der Waals surface area contributed by atoms with Gasteiger partial charge in [0.1, 0.15) is 11.4 Å². The summed E-state index contributed by atoms with van der Waals surface area (Å²) < 4.78 is 0. The third kappa shape index (κ3) is 3.21. The average molecular weight is 277 g/mol. The van der Waals surface area contributed by atoms with Crippen molar-refractivity contribution in [1.82, 2.24) is 0 Å². The van der Waals surface area contributed by atoms with Crippen molar-refractivity contribution in [3.8, 4) is 0 Å². The number of nitro groups is 1. The van der Waals surface area contributed by atoms with E-state index in [2.05, 4.69) is 17.6 Å². The molecular formula is C15H23N3O2. The Morgan fingerprint density at radius 2 is 1.90 bits per heavy atom. The van der Waals surface area contributed by atoms with E-state index in [1.165, 1.54) is 32.1 Å². The maximum absolute atomic E-state index is 11.3. The standard InChI is InChI=1S/C15H23N3O2/c1-11(12-7-4-3-5-8-12)17-14-10-6-9-13(16-2)15(14)18(19)20/h6,9-12,16-17H,3-5,7-8H2,1-2H3. The number of hydrogen-bond donors (Lipinski definition) is 2. The third-order valence-corrected chi connectivity index (χ3v) is 4.23. The highest BCUT2D eigenvalue weighted by atomic mass is 16.6. The molecule has 1 aliphatic rings. The Morgan fingerprint density at radius 1 is 1.25 bits per heavy atom. The van der Waals surface area contributed by atoms with E-state index in [0.29, 0.717) is 17.3 Å². The quantitative estimate of drug-likeness (QED) is 0.630. The van der Waals surface area contributed by atoms with Gasteiger partial charge in [-0.2, -0.15) is 0 Å². The zero-order valence-electron chi connectivity index (χ0n) is 12.2. The average Bonchev–Trinajstić information content (AvgIpc) is 2.47. The zero-order valence-corrected chi connectivity index (χ0v) is 12.2. The Labute approximate surface area is 119 Å². The molecule has 5 nitrogen and oxygen atoms in total. The molecule has 0 heterocycles. The minimum Gasteiger partial charge on any atom is -0.382 e. The maximum atomic E-state index is 11.3. The molecule has 2 N–H and O–H groups in total. The van der Waals surface area contributed by atoms with E-state index in [1.54, 1.807) is 19.2 Å². The summed E-state index contributed by atoms with van der Waals surface area (Å²) in [5.41, 5.74) is 1.30. The topological polar surface area (TPSA) is 67.2 Å². The summed E-state index contributed by atoms with van der Waals surface area (Å²) in [6.07, 6.45) is 6.30. The van der Waals surface area contributed by atoms with Gasteiger partial charge in [-0.1, -0.05) is 25.3 Å². The zero-order chi connectivity index (χ0) is 14.5. The summed E-state index contributed by atoms with van der Waals surface area (Å²) in [5, 5.41) is 17.5. The van der Waals surface area contributed by atoms with E-state index < -0.39 is 0 Å². The van der Waals surface area contributed by atoms with Gasteiger partial charge in [0.15, 0.2) is 0 Å². The minimum atomic E-state index is -0.318. The molecule has 1 atom stereocenters. The van der Waals surface area contributed by atoms with Gasteiger partial charge in [-0.3, -0.25) is 10.1 Å². The van der Waals surface area contributed by atoms with E-state index in [1.807, 2.05) is 6.07 Å². The van der Waals surface area contributed by atoms with E-state index in [4.69, 9.17) is 0 Å². The molecule has 1 unspecified atom stereocenters. The molecule has 1 aromatic rings. The second kappa shape index (κ2) is 6.59. The number of benzene rings is 1. The molecular weight excluding hydrogens is 254 g/mol. The van der Waals surface area contributed by atoms with Crippen LogP contribution in [-0.2, 0) is 0 Å². The second-order valence-corrected chi connectivity index (χ2v) is 5.54. The Hall–Kier alpha value is -1.78. The number of nitrogens with one attached hydrogen (secondary N) is 2. The van der Waals surface area contributed by atoms with Crippen LogP contribution in [0.25, 0.3) is 0 Å². The predicted octanol–water partition coefficient (Wildman–Crippen LogP) is 4.02. The third-order valence-electron chi connectivity index (χ3n) is 4.23. The molecule has 0 aromatic heterocycles. The van der Waals surface area contributed by atoms with E-state index in [-0.39, 0.29) is 16.7 Å². The monoisotopic (exact) mass is 277 g/mol. The minimum absolute atomic E-state index is 0.137. The Bertz CT molecular complexity index is 470. The van der Waals surface area contributed by atoms with Gasteiger partial charge in [-0.15, -0.1) is 0 Å². The van der Waals surface area contributed by atoms with Crippen molar-refractivity contribution in [2.45, 2.75) is 45.1 Å². The van der Waals surface area contributed by atoms with Crippen LogP contribution >= 0.6 is 0 Å². The van der Waals surface area contributed by atoms with Crippen LogP contribution in [0, 0.1) is 16.0 Å². The van der Waals surface area contributed by atoms with Crippen molar-refractivity contribution < 1.29 is 4.92 Å². The predicted molar refractivity (Wildman–Crippen MR) is 82.3 cm³/mol. The molecule has 2 rings (SSSR count). The van der Waals surface area contributed by atoms with Crippen LogP contribution in [0.4, 0.5) is 17.1 Å². The first kappa shape index (κ1) is 14.6. The molecule has 0 bridgehead atoms. The highest BCUT2D eigenvalue weighted by Gasteiger charge is 2.24. The van der Waals surface area contributed by atoms with Gasteiger partial charge in [-0.05, 0) is 37.8 Å². The number of nitro benzene ring substituents is 1. The molecule has 0 aliphatic heterocycles. The first-order valence-electron chi connectivity index (χ1n) is 7.35. The van der Waals surface area contributed by atoms with Gasteiger partial charge in [0.05, 0.1) is 4.92 Å². The molecule has 1 aliphatic carbocycles. The van der Waals surface area contributed by atoms with Gasteiger partial charge in [-0.25, -0.2) is 0 Å². The van der Waals surface area contributed by atoms with Crippen LogP contribution in [0.15, 0.2) is 18.2 Å². The van der Waals surface area contributed by atoms with Crippen LogP contribution in [0.1, 0.15) is 39.0 Å². The lowest BCUT2D eigenvalue weighted by Gasteiger charge is -2.29. The molecule has 0 amide bonds. The SMILES string of the molecule is CNc1cccc(NC(C)C2CCCCC2)c1[N+](=O)[O-]. The summed E-state index contributed by atoms with van der Waals surface area (Å²) in [7, 11) is 1.71. The van der Waals surface area contributed by atoms with Gasteiger partial charge in [0.25, 0.3) is 0 Å². The fourth-order valence-electron chi connectivity index (χ4n) is 3.06. The lowest BCUT2D eigenvalue weighted by Crippen LogP contribution is -2.28. The van der Waals surface area contributed by atoms with Crippen LogP contribution in [0.5, 0.6) is 0 Å². The molecule has 1 saturated carbocycles. The normalized spacial score (nSPS) is 17.5. The number of rotatable bonds is 5. The number of nitrogens with zero attached hydrogens (tertiary/aromatic N) is 1. The van der Waals surface area contributed by atoms with Crippen molar-refractivity contribution in [3.63, 3.8) is 0 Å². The van der Waals surface area contributed by atoms with Crippen molar-refractivity contribution in [2.24, 2.45) is 5.92 Å². The summed E-state index contributed by atoms with van der Waals surface area (Å²) in [6.45, 7) is 2.13. The molecule has 20 heavy (non-hydrogen) atoms. The molecule has 0 saturated heterocycles. The van der Waals surface area contributed by atoms with Crippen LogP contribution < -0.4 is 10.6 Å². The summed E-state index contributed by atoms with van der Waals surface area (Å²) >= 11 is 0. The first-order chi connectivity index (χ1) is 9.63. The van der Waals surface area contributed by atoms with Gasteiger partial charge >= 0.3 is 5.69 Å². The highest BCUT2D eigenvalue weighted by Crippen LogP contribution is 2.35.